The Bertz CT molecular complexity index is 1210. The minimum absolute atomic E-state index is 0.0497. The summed E-state index contributed by atoms with van der Waals surface area (Å²) in [5.74, 6) is -1.02. The topological polar surface area (TPSA) is 88.5 Å². The molecule has 2 N–H and O–H groups in total. The number of hydrogen-bond acceptors (Lipinski definition) is 6. The standard InChI is InChI=1S/C23H18N2O4S/c1-14-2-11-19-20(12-14)30-22(25-19)15-3-7-17(8-4-15)24-21(27)13-29-23(28)16-5-9-18(26)10-6-16/h2-12,26H,13H2,1H3,(H,24,27). The number of aromatic nitrogens is 1. The number of hydrogen-bond donors (Lipinski definition) is 2. The third-order valence-corrected chi connectivity index (χ3v) is 5.46. The summed E-state index contributed by atoms with van der Waals surface area (Å²) in [6.45, 7) is 1.65. The van der Waals surface area contributed by atoms with Crippen LogP contribution in [0.1, 0.15) is 15.9 Å². The van der Waals surface area contributed by atoms with Crippen LogP contribution in [-0.4, -0.2) is 28.6 Å². The molecule has 0 saturated carbocycles. The molecule has 0 atom stereocenters. The number of carbonyl (C=O) groups excluding carboxylic acids is 2. The number of phenolic OH excluding ortho intramolecular Hbond substituents is 1. The number of esters is 1. The molecular weight excluding hydrogens is 400 g/mol. The normalized spacial score (nSPS) is 10.7. The van der Waals surface area contributed by atoms with Gasteiger partial charge in [0.05, 0.1) is 15.8 Å². The van der Waals surface area contributed by atoms with Gasteiger partial charge in [-0.1, -0.05) is 6.07 Å². The molecule has 1 amide bonds. The third kappa shape index (κ3) is 4.47. The van der Waals surface area contributed by atoms with Crippen molar-refractivity contribution >= 4 is 39.1 Å². The number of fused-ring (bicyclic) bond motifs is 1. The molecular formula is C23H18N2O4S. The van der Waals surface area contributed by atoms with Gasteiger partial charge in [-0.15, -0.1) is 11.3 Å². The zero-order chi connectivity index (χ0) is 21.1. The predicted octanol–water partition coefficient (Wildman–Crippen LogP) is 4.77. The number of amides is 1. The van der Waals surface area contributed by atoms with Crippen molar-refractivity contribution in [1.82, 2.24) is 4.98 Å². The molecule has 0 aliphatic heterocycles. The lowest BCUT2D eigenvalue weighted by atomic mass is 10.2. The Morgan fingerprint density at radius 1 is 1.03 bits per heavy atom. The summed E-state index contributed by atoms with van der Waals surface area (Å²) in [4.78, 5) is 28.6. The van der Waals surface area contributed by atoms with Gasteiger partial charge in [0.1, 0.15) is 10.8 Å². The summed E-state index contributed by atoms with van der Waals surface area (Å²) in [6, 6.07) is 19.1. The predicted molar refractivity (Wildman–Crippen MR) is 117 cm³/mol. The van der Waals surface area contributed by atoms with E-state index in [-0.39, 0.29) is 11.3 Å². The first-order valence-electron chi connectivity index (χ1n) is 9.21. The molecule has 0 bridgehead atoms. The van der Waals surface area contributed by atoms with Crippen molar-refractivity contribution in [2.24, 2.45) is 0 Å². The number of thiazole rings is 1. The van der Waals surface area contributed by atoms with E-state index in [1.54, 1.807) is 23.5 Å². The van der Waals surface area contributed by atoms with Crippen molar-refractivity contribution in [2.75, 3.05) is 11.9 Å². The molecule has 1 heterocycles. The SMILES string of the molecule is Cc1ccc2nc(-c3ccc(NC(=O)COC(=O)c4ccc(O)cc4)cc3)sc2c1. The Morgan fingerprint density at radius 3 is 2.50 bits per heavy atom. The zero-order valence-electron chi connectivity index (χ0n) is 16.1. The van der Waals surface area contributed by atoms with E-state index in [1.807, 2.05) is 24.3 Å². The number of carbonyl (C=O) groups is 2. The average Bonchev–Trinajstić information content (AvgIpc) is 3.16. The van der Waals surface area contributed by atoms with Crippen LogP contribution < -0.4 is 5.32 Å². The molecule has 0 radical (unpaired) electrons. The van der Waals surface area contributed by atoms with Crippen molar-refractivity contribution in [3.63, 3.8) is 0 Å². The van der Waals surface area contributed by atoms with Crippen LogP contribution >= 0.6 is 11.3 Å². The largest absolute Gasteiger partial charge is 0.508 e. The first-order valence-corrected chi connectivity index (χ1v) is 10.0. The minimum Gasteiger partial charge on any atom is -0.508 e. The monoisotopic (exact) mass is 418 g/mol. The van der Waals surface area contributed by atoms with Gasteiger partial charge in [-0.3, -0.25) is 4.79 Å². The quantitative estimate of drug-likeness (QED) is 0.456. The number of ether oxygens (including phenoxy) is 1. The van der Waals surface area contributed by atoms with Crippen LogP contribution in [0.4, 0.5) is 5.69 Å². The van der Waals surface area contributed by atoms with E-state index < -0.39 is 18.5 Å². The van der Waals surface area contributed by atoms with Crippen LogP contribution in [0.25, 0.3) is 20.8 Å². The Labute approximate surface area is 176 Å². The van der Waals surface area contributed by atoms with Gasteiger partial charge in [0.25, 0.3) is 5.91 Å². The molecule has 150 valence electrons. The number of benzene rings is 3. The molecule has 7 heteroatoms. The van der Waals surface area contributed by atoms with Crippen molar-refractivity contribution in [2.45, 2.75) is 6.92 Å². The summed E-state index contributed by atoms with van der Waals surface area (Å²) in [7, 11) is 0. The highest BCUT2D eigenvalue weighted by atomic mass is 32.1. The Hall–Kier alpha value is -3.71. The molecule has 4 rings (SSSR count). The van der Waals surface area contributed by atoms with Gasteiger partial charge in [0.15, 0.2) is 6.61 Å². The molecule has 6 nitrogen and oxygen atoms in total. The Morgan fingerprint density at radius 2 is 1.77 bits per heavy atom. The van der Waals surface area contributed by atoms with Crippen LogP contribution in [0, 0.1) is 6.92 Å². The second-order valence-corrected chi connectivity index (χ2v) is 7.77. The number of anilines is 1. The van der Waals surface area contributed by atoms with Gasteiger partial charge in [0, 0.05) is 11.3 Å². The van der Waals surface area contributed by atoms with Crippen LogP contribution in [0.3, 0.4) is 0 Å². The van der Waals surface area contributed by atoms with Crippen LogP contribution in [0.15, 0.2) is 66.7 Å². The van der Waals surface area contributed by atoms with Crippen LogP contribution in [0.2, 0.25) is 0 Å². The lowest BCUT2D eigenvalue weighted by Gasteiger charge is -2.07. The molecule has 0 fully saturated rings. The number of phenols is 1. The van der Waals surface area contributed by atoms with E-state index >= 15 is 0 Å². The Kier molecular flexibility index (Phi) is 5.45. The maximum atomic E-state index is 12.1. The lowest BCUT2D eigenvalue weighted by Crippen LogP contribution is -2.20. The van der Waals surface area contributed by atoms with Gasteiger partial charge in [0.2, 0.25) is 0 Å². The zero-order valence-corrected chi connectivity index (χ0v) is 16.9. The number of aromatic hydroxyl groups is 1. The summed E-state index contributed by atoms with van der Waals surface area (Å²) < 4.78 is 6.13. The molecule has 0 aliphatic rings. The van der Waals surface area contributed by atoms with Crippen molar-refractivity contribution in [1.29, 1.82) is 0 Å². The van der Waals surface area contributed by atoms with E-state index in [1.165, 1.54) is 29.8 Å². The van der Waals surface area contributed by atoms with E-state index in [2.05, 4.69) is 23.3 Å². The third-order valence-electron chi connectivity index (χ3n) is 4.40. The number of nitrogens with one attached hydrogen (secondary N) is 1. The molecule has 0 unspecified atom stereocenters. The molecule has 1 aromatic heterocycles. The smallest absolute Gasteiger partial charge is 0.338 e. The fraction of sp³-hybridized carbons (Fsp3) is 0.0870. The van der Waals surface area contributed by atoms with Gasteiger partial charge in [-0.05, 0) is 73.2 Å². The summed E-state index contributed by atoms with van der Waals surface area (Å²) in [6.07, 6.45) is 0. The van der Waals surface area contributed by atoms with Gasteiger partial charge >= 0.3 is 5.97 Å². The number of nitrogens with zero attached hydrogens (tertiary/aromatic N) is 1. The van der Waals surface area contributed by atoms with Crippen LogP contribution in [0.5, 0.6) is 5.75 Å². The summed E-state index contributed by atoms with van der Waals surface area (Å²) in [5.41, 5.74) is 3.98. The first kappa shape index (κ1) is 19.6. The van der Waals surface area contributed by atoms with Gasteiger partial charge in [-0.25, -0.2) is 9.78 Å². The van der Waals surface area contributed by atoms with E-state index in [0.717, 1.165) is 20.8 Å². The van der Waals surface area contributed by atoms with Crippen molar-refractivity contribution in [3.8, 4) is 16.3 Å². The minimum atomic E-state index is -0.633. The molecule has 3 aromatic carbocycles. The van der Waals surface area contributed by atoms with Crippen molar-refractivity contribution in [3.05, 3.63) is 77.9 Å². The molecule has 4 aromatic rings. The highest BCUT2D eigenvalue weighted by Crippen LogP contribution is 2.31. The summed E-state index contributed by atoms with van der Waals surface area (Å²) in [5, 5.41) is 12.9. The lowest BCUT2D eigenvalue weighted by molar-refractivity contribution is -0.119. The second kappa shape index (κ2) is 8.34. The molecule has 0 aliphatic carbocycles. The highest BCUT2D eigenvalue weighted by molar-refractivity contribution is 7.21. The summed E-state index contributed by atoms with van der Waals surface area (Å²) >= 11 is 1.62. The molecule has 30 heavy (non-hydrogen) atoms. The van der Waals surface area contributed by atoms with Crippen molar-refractivity contribution < 1.29 is 19.4 Å². The maximum Gasteiger partial charge on any atom is 0.338 e. The molecule has 0 saturated heterocycles. The first-order chi connectivity index (χ1) is 14.5. The van der Waals surface area contributed by atoms with E-state index in [9.17, 15) is 14.7 Å². The Balaban J connectivity index is 1.36. The number of rotatable bonds is 5. The van der Waals surface area contributed by atoms with Crippen LogP contribution in [-0.2, 0) is 9.53 Å². The molecule has 0 spiro atoms. The maximum absolute atomic E-state index is 12.1. The fourth-order valence-corrected chi connectivity index (χ4v) is 3.93. The average molecular weight is 418 g/mol. The van der Waals surface area contributed by atoms with Gasteiger partial charge in [-0.2, -0.15) is 0 Å². The van der Waals surface area contributed by atoms with Gasteiger partial charge < -0.3 is 15.2 Å². The second-order valence-electron chi connectivity index (χ2n) is 6.74. The number of aryl methyl sites for hydroxylation is 1. The van der Waals surface area contributed by atoms with E-state index in [4.69, 9.17) is 4.74 Å². The fourth-order valence-electron chi connectivity index (χ4n) is 2.86. The highest BCUT2D eigenvalue weighted by Gasteiger charge is 2.11. The van der Waals surface area contributed by atoms with E-state index in [0.29, 0.717) is 5.69 Å².